The van der Waals surface area contributed by atoms with Gasteiger partial charge in [0.1, 0.15) is 21.1 Å². The highest BCUT2D eigenvalue weighted by Gasteiger charge is 2.18. The fraction of sp³-hybridized carbons (Fsp3) is 0.118. The zero-order valence-electron chi connectivity index (χ0n) is 12.8. The zero-order chi connectivity index (χ0) is 17.0. The molecular weight excluding hydrogens is 390 g/mol. The zero-order valence-corrected chi connectivity index (χ0v) is 15.2. The van der Waals surface area contributed by atoms with E-state index >= 15 is 0 Å². The third-order valence-corrected chi connectivity index (χ3v) is 6.22. The number of benzene rings is 1. The van der Waals surface area contributed by atoms with Gasteiger partial charge in [0.2, 0.25) is 0 Å². The van der Waals surface area contributed by atoms with Gasteiger partial charge >= 0.3 is 0 Å². The summed E-state index contributed by atoms with van der Waals surface area (Å²) in [4.78, 5) is 25.3. The summed E-state index contributed by atoms with van der Waals surface area (Å²) in [6.45, 7) is 3.90. The lowest BCUT2D eigenvalue weighted by atomic mass is 10.1. The number of nitrogens with zero attached hydrogens (tertiary/aromatic N) is 2. The summed E-state index contributed by atoms with van der Waals surface area (Å²) in [5.74, 6) is 0.424. The smallest absolute Gasteiger partial charge is 0.269 e. The van der Waals surface area contributed by atoms with E-state index in [0.717, 1.165) is 25.9 Å². The van der Waals surface area contributed by atoms with Crippen molar-refractivity contribution in [3.8, 4) is 17.1 Å². The van der Waals surface area contributed by atoms with E-state index in [1.165, 1.54) is 11.3 Å². The number of halogens is 1. The topological polar surface area (TPSA) is 78.9 Å². The average Bonchev–Trinajstić information content (AvgIpc) is 2.92. The summed E-state index contributed by atoms with van der Waals surface area (Å²) in [5.41, 5.74) is 2.76. The first-order valence-corrected chi connectivity index (χ1v) is 8.86. The molecule has 0 saturated heterocycles. The number of aromatic amines is 1. The molecule has 0 bridgehead atoms. The normalized spacial score (nSPS) is 11.5. The maximum absolute atomic E-state index is 12.5. The van der Waals surface area contributed by atoms with Gasteiger partial charge in [-0.15, -0.1) is 11.3 Å². The number of rotatable bonds is 1. The van der Waals surface area contributed by atoms with Crippen LogP contribution in [0.5, 0.6) is 5.75 Å². The first-order valence-electron chi connectivity index (χ1n) is 7.25. The van der Waals surface area contributed by atoms with E-state index in [1.54, 1.807) is 24.3 Å². The van der Waals surface area contributed by atoms with Crippen molar-refractivity contribution in [3.05, 3.63) is 50.3 Å². The molecule has 0 radical (unpaired) electrons. The number of para-hydroxylation sites is 1. The lowest BCUT2D eigenvalue weighted by molar-refractivity contribution is 0.477. The molecule has 1 aromatic carbocycles. The Morgan fingerprint density at radius 2 is 1.96 bits per heavy atom. The van der Waals surface area contributed by atoms with E-state index in [1.807, 2.05) is 13.8 Å². The van der Waals surface area contributed by atoms with Gasteiger partial charge in [0, 0.05) is 9.86 Å². The molecule has 24 heavy (non-hydrogen) atoms. The Hall–Kier alpha value is -2.25. The van der Waals surface area contributed by atoms with E-state index < -0.39 is 0 Å². The molecule has 0 aliphatic rings. The highest BCUT2D eigenvalue weighted by Crippen LogP contribution is 2.37. The van der Waals surface area contributed by atoms with Gasteiger partial charge in [-0.05, 0) is 47.5 Å². The van der Waals surface area contributed by atoms with Crippen LogP contribution in [0.4, 0.5) is 0 Å². The van der Waals surface area contributed by atoms with E-state index in [9.17, 15) is 9.90 Å². The quantitative estimate of drug-likeness (QED) is 0.498. The van der Waals surface area contributed by atoms with Crippen molar-refractivity contribution < 1.29 is 5.11 Å². The number of thiophene rings is 1. The predicted molar refractivity (Wildman–Crippen MR) is 99.8 cm³/mol. The first kappa shape index (κ1) is 15.3. The Labute approximate surface area is 149 Å². The van der Waals surface area contributed by atoms with Crippen LogP contribution in [-0.2, 0) is 0 Å². The number of aromatic nitrogens is 3. The van der Waals surface area contributed by atoms with Gasteiger partial charge in [-0.1, -0.05) is 12.1 Å². The Morgan fingerprint density at radius 3 is 2.71 bits per heavy atom. The molecule has 2 N–H and O–H groups in total. The van der Waals surface area contributed by atoms with Crippen LogP contribution >= 0.6 is 27.3 Å². The molecule has 0 spiro atoms. The second-order valence-corrected chi connectivity index (χ2v) is 7.32. The SMILES string of the molecule is Cc1nc2sc3c(=O)[nH]c(-c4ccccc4O)nc3c2c(C)c1Br. The third kappa shape index (κ3) is 2.16. The number of H-pyrrole nitrogens is 1. The Morgan fingerprint density at radius 1 is 1.21 bits per heavy atom. The Bertz CT molecular complexity index is 1180. The third-order valence-electron chi connectivity index (χ3n) is 3.98. The molecule has 120 valence electrons. The van der Waals surface area contributed by atoms with Crippen molar-refractivity contribution in [2.75, 3.05) is 0 Å². The van der Waals surface area contributed by atoms with Crippen LogP contribution in [0.1, 0.15) is 11.3 Å². The minimum atomic E-state index is -0.227. The summed E-state index contributed by atoms with van der Waals surface area (Å²) in [6, 6.07) is 6.80. The molecule has 3 heterocycles. The van der Waals surface area contributed by atoms with E-state index in [2.05, 4.69) is 30.9 Å². The molecule has 5 nitrogen and oxygen atoms in total. The fourth-order valence-electron chi connectivity index (χ4n) is 2.78. The van der Waals surface area contributed by atoms with Crippen molar-refractivity contribution in [1.82, 2.24) is 15.0 Å². The number of nitrogens with one attached hydrogen (secondary N) is 1. The van der Waals surface area contributed by atoms with Crippen molar-refractivity contribution >= 4 is 47.7 Å². The molecule has 0 aliphatic carbocycles. The van der Waals surface area contributed by atoms with Crippen LogP contribution < -0.4 is 5.56 Å². The van der Waals surface area contributed by atoms with E-state index in [0.29, 0.717) is 21.6 Å². The van der Waals surface area contributed by atoms with Crippen LogP contribution in [0.3, 0.4) is 0 Å². The van der Waals surface area contributed by atoms with Crippen LogP contribution in [0, 0.1) is 13.8 Å². The first-order chi connectivity index (χ1) is 11.5. The van der Waals surface area contributed by atoms with Crippen LogP contribution in [0.15, 0.2) is 33.5 Å². The second kappa shape index (κ2) is 5.39. The number of fused-ring (bicyclic) bond motifs is 3. The summed E-state index contributed by atoms with van der Waals surface area (Å²) < 4.78 is 1.46. The molecule has 4 rings (SSSR count). The van der Waals surface area contributed by atoms with Gasteiger partial charge in [0.25, 0.3) is 5.56 Å². The maximum atomic E-state index is 12.5. The Kier molecular flexibility index (Phi) is 3.43. The highest BCUT2D eigenvalue weighted by atomic mass is 79.9. The van der Waals surface area contributed by atoms with E-state index in [4.69, 9.17) is 0 Å². The molecule has 0 fully saturated rings. The molecule has 7 heteroatoms. The molecule has 4 aromatic rings. The summed E-state index contributed by atoms with van der Waals surface area (Å²) in [6.07, 6.45) is 0. The summed E-state index contributed by atoms with van der Waals surface area (Å²) in [7, 11) is 0. The van der Waals surface area contributed by atoms with Gasteiger partial charge in [-0.25, -0.2) is 9.97 Å². The number of aromatic hydroxyl groups is 1. The molecular formula is C17H12BrN3O2S. The van der Waals surface area contributed by atoms with Gasteiger partial charge < -0.3 is 10.1 Å². The van der Waals surface area contributed by atoms with E-state index in [-0.39, 0.29) is 11.3 Å². The maximum Gasteiger partial charge on any atom is 0.269 e. The molecule has 0 unspecified atom stereocenters. The summed E-state index contributed by atoms with van der Waals surface area (Å²) >= 11 is 4.89. The standard InChI is InChI=1S/C17H12BrN3O2S/c1-7-11-13-14(24-17(11)19-8(2)12(7)18)16(23)21-15(20-13)9-5-3-4-6-10(9)22/h3-6,22H,1-2H3,(H,20,21,23). The lowest BCUT2D eigenvalue weighted by Gasteiger charge is -2.05. The van der Waals surface area contributed by atoms with Crippen molar-refractivity contribution in [2.45, 2.75) is 13.8 Å². The molecule has 0 saturated carbocycles. The van der Waals surface area contributed by atoms with Gasteiger partial charge in [0.15, 0.2) is 0 Å². The fourth-order valence-corrected chi connectivity index (χ4v) is 4.18. The van der Waals surface area contributed by atoms with Crippen molar-refractivity contribution in [1.29, 1.82) is 0 Å². The predicted octanol–water partition coefficient (Wildman–Crippen LogP) is 4.28. The van der Waals surface area contributed by atoms with Gasteiger partial charge in [-0.3, -0.25) is 4.79 Å². The highest BCUT2D eigenvalue weighted by molar-refractivity contribution is 9.10. The number of hydrogen-bond acceptors (Lipinski definition) is 5. The molecule has 0 aliphatic heterocycles. The number of hydrogen-bond donors (Lipinski definition) is 2. The van der Waals surface area contributed by atoms with Crippen molar-refractivity contribution in [3.63, 3.8) is 0 Å². The van der Waals surface area contributed by atoms with Crippen LogP contribution in [0.25, 0.3) is 31.8 Å². The molecule has 0 atom stereocenters. The summed E-state index contributed by atoms with van der Waals surface area (Å²) in [5, 5.41) is 10.9. The van der Waals surface area contributed by atoms with Crippen molar-refractivity contribution in [2.24, 2.45) is 0 Å². The lowest BCUT2D eigenvalue weighted by Crippen LogP contribution is -2.07. The largest absolute Gasteiger partial charge is 0.507 e. The monoisotopic (exact) mass is 401 g/mol. The average molecular weight is 402 g/mol. The number of pyridine rings is 1. The minimum absolute atomic E-state index is 0.0754. The van der Waals surface area contributed by atoms with Gasteiger partial charge in [-0.2, -0.15) is 0 Å². The number of phenols is 1. The van der Waals surface area contributed by atoms with Gasteiger partial charge in [0.05, 0.1) is 16.8 Å². The molecule has 3 aromatic heterocycles. The van der Waals surface area contributed by atoms with Crippen LogP contribution in [0.2, 0.25) is 0 Å². The number of phenolic OH excluding ortho intramolecular Hbond substituents is 1. The Balaban J connectivity index is 2.15. The number of aryl methyl sites for hydroxylation is 2. The molecule has 0 amide bonds. The second-order valence-electron chi connectivity index (χ2n) is 5.53. The van der Waals surface area contributed by atoms with Crippen LogP contribution in [-0.4, -0.2) is 20.1 Å². The minimum Gasteiger partial charge on any atom is -0.507 e.